The van der Waals surface area contributed by atoms with E-state index < -0.39 is 5.54 Å². The van der Waals surface area contributed by atoms with E-state index >= 15 is 0 Å². The fourth-order valence-corrected chi connectivity index (χ4v) is 3.21. The maximum absolute atomic E-state index is 13.4. The van der Waals surface area contributed by atoms with Crippen molar-refractivity contribution < 1.29 is 9.32 Å². The minimum Gasteiger partial charge on any atom is -0.338 e. The fourth-order valence-electron chi connectivity index (χ4n) is 3.21. The lowest BCUT2D eigenvalue weighted by Crippen LogP contribution is -2.41. The van der Waals surface area contributed by atoms with Gasteiger partial charge in [-0.1, -0.05) is 19.0 Å². The number of fused-ring (bicyclic) bond motifs is 1. The Morgan fingerprint density at radius 3 is 2.31 bits per heavy atom. The standard InChI is InChI=1S/C21H30N6O2/c1-11(2)15-10-14(16-12(3)25-27(17(16)23-15)20(5,6)7)18(28)24-21(8,9)19-22-13(4)26-29-19/h10-11H,1-9H3,(H,24,28). The van der Waals surface area contributed by atoms with Gasteiger partial charge in [-0.3, -0.25) is 4.79 Å². The first-order valence-electron chi connectivity index (χ1n) is 9.85. The van der Waals surface area contributed by atoms with Crippen LogP contribution >= 0.6 is 0 Å². The molecule has 1 amide bonds. The van der Waals surface area contributed by atoms with E-state index in [1.807, 2.05) is 31.5 Å². The molecule has 0 aromatic carbocycles. The van der Waals surface area contributed by atoms with Gasteiger partial charge in [0.15, 0.2) is 11.5 Å². The van der Waals surface area contributed by atoms with Crippen molar-refractivity contribution in [3.63, 3.8) is 0 Å². The molecule has 3 aromatic rings. The number of rotatable bonds is 4. The average Bonchev–Trinajstić information content (AvgIpc) is 3.17. The first-order chi connectivity index (χ1) is 13.3. The Hall–Kier alpha value is -2.77. The Bertz CT molecular complexity index is 1070. The second-order valence-corrected chi connectivity index (χ2v) is 9.34. The summed E-state index contributed by atoms with van der Waals surface area (Å²) in [6.07, 6.45) is 0. The first-order valence-corrected chi connectivity index (χ1v) is 9.85. The molecular weight excluding hydrogens is 368 g/mol. The van der Waals surface area contributed by atoms with Crippen LogP contribution in [-0.2, 0) is 11.1 Å². The third kappa shape index (κ3) is 3.88. The number of hydrogen-bond acceptors (Lipinski definition) is 6. The number of carbonyl (C=O) groups is 1. The Kier molecular flexibility index (Phi) is 5.01. The van der Waals surface area contributed by atoms with Gasteiger partial charge in [-0.05, 0) is 60.5 Å². The monoisotopic (exact) mass is 398 g/mol. The lowest BCUT2D eigenvalue weighted by atomic mass is 10.0. The van der Waals surface area contributed by atoms with Crippen LogP contribution in [0.2, 0.25) is 0 Å². The summed E-state index contributed by atoms with van der Waals surface area (Å²) in [4.78, 5) is 22.5. The van der Waals surface area contributed by atoms with Crippen molar-refractivity contribution in [2.75, 3.05) is 0 Å². The van der Waals surface area contributed by atoms with E-state index in [0.29, 0.717) is 17.3 Å². The van der Waals surface area contributed by atoms with Crippen LogP contribution in [-0.4, -0.2) is 30.8 Å². The molecule has 0 unspecified atom stereocenters. The minimum atomic E-state index is -0.820. The Labute approximate surface area is 171 Å². The molecule has 0 saturated heterocycles. The van der Waals surface area contributed by atoms with E-state index in [4.69, 9.17) is 14.6 Å². The molecule has 0 aliphatic carbocycles. The average molecular weight is 399 g/mol. The van der Waals surface area contributed by atoms with Gasteiger partial charge in [0.1, 0.15) is 5.54 Å². The number of aryl methyl sites for hydroxylation is 2. The van der Waals surface area contributed by atoms with Crippen LogP contribution in [0.25, 0.3) is 11.0 Å². The molecule has 0 aliphatic rings. The third-order valence-electron chi connectivity index (χ3n) is 4.79. The number of nitrogens with one attached hydrogen (secondary N) is 1. The summed E-state index contributed by atoms with van der Waals surface area (Å²) in [7, 11) is 0. The van der Waals surface area contributed by atoms with Crippen LogP contribution in [0.3, 0.4) is 0 Å². The van der Waals surface area contributed by atoms with Gasteiger partial charge in [0.2, 0.25) is 0 Å². The summed E-state index contributed by atoms with van der Waals surface area (Å²) in [5.74, 6) is 0.829. The largest absolute Gasteiger partial charge is 0.338 e. The molecule has 0 atom stereocenters. The highest BCUT2D eigenvalue weighted by Gasteiger charge is 2.32. The second kappa shape index (κ2) is 6.93. The first kappa shape index (κ1) is 21.0. The summed E-state index contributed by atoms with van der Waals surface area (Å²) >= 11 is 0. The van der Waals surface area contributed by atoms with Gasteiger partial charge in [-0.2, -0.15) is 10.1 Å². The molecule has 3 aromatic heterocycles. The van der Waals surface area contributed by atoms with Gasteiger partial charge in [0, 0.05) is 5.69 Å². The predicted molar refractivity (Wildman–Crippen MR) is 111 cm³/mol. The summed E-state index contributed by atoms with van der Waals surface area (Å²) in [6.45, 7) is 17.7. The second-order valence-electron chi connectivity index (χ2n) is 9.34. The van der Waals surface area contributed by atoms with Gasteiger partial charge in [-0.25, -0.2) is 9.67 Å². The Morgan fingerprint density at radius 2 is 1.79 bits per heavy atom. The van der Waals surface area contributed by atoms with Crippen molar-refractivity contribution >= 4 is 16.9 Å². The highest BCUT2D eigenvalue weighted by atomic mass is 16.5. The molecule has 8 nitrogen and oxygen atoms in total. The summed E-state index contributed by atoms with van der Waals surface area (Å²) in [5.41, 5.74) is 1.81. The van der Waals surface area contributed by atoms with E-state index in [9.17, 15) is 4.79 Å². The molecule has 8 heteroatoms. The van der Waals surface area contributed by atoms with Crippen LogP contribution < -0.4 is 5.32 Å². The van der Waals surface area contributed by atoms with Gasteiger partial charge >= 0.3 is 0 Å². The topological polar surface area (TPSA) is 98.7 Å². The number of amides is 1. The van der Waals surface area contributed by atoms with Crippen molar-refractivity contribution in [3.05, 3.63) is 34.7 Å². The zero-order chi connectivity index (χ0) is 21.7. The Balaban J connectivity index is 2.15. The van der Waals surface area contributed by atoms with Gasteiger partial charge < -0.3 is 9.84 Å². The number of carbonyl (C=O) groups excluding carboxylic acids is 1. The third-order valence-corrected chi connectivity index (χ3v) is 4.79. The van der Waals surface area contributed by atoms with Crippen molar-refractivity contribution in [1.29, 1.82) is 0 Å². The molecule has 0 radical (unpaired) electrons. The maximum atomic E-state index is 13.4. The highest BCUT2D eigenvalue weighted by molar-refractivity contribution is 6.06. The normalized spacial score (nSPS) is 12.8. The predicted octanol–water partition coefficient (Wildman–Crippen LogP) is 3.97. The molecule has 3 heterocycles. The molecule has 29 heavy (non-hydrogen) atoms. The minimum absolute atomic E-state index is 0.168. The molecule has 0 spiro atoms. The SMILES string of the molecule is Cc1noc(C(C)(C)NC(=O)c2cc(C(C)C)nc3c2c(C)nn3C(C)(C)C)n1. The fraction of sp³-hybridized carbons (Fsp3) is 0.571. The van der Waals surface area contributed by atoms with Gasteiger partial charge in [0.05, 0.1) is 22.2 Å². The lowest BCUT2D eigenvalue weighted by molar-refractivity contribution is 0.0896. The van der Waals surface area contributed by atoms with Crippen LogP contribution in [0.5, 0.6) is 0 Å². The molecule has 0 bridgehead atoms. The molecule has 1 N–H and O–H groups in total. The maximum Gasteiger partial charge on any atom is 0.253 e. The molecule has 0 fully saturated rings. The van der Waals surface area contributed by atoms with E-state index in [2.05, 4.69) is 50.1 Å². The molecule has 0 saturated carbocycles. The summed E-state index contributed by atoms with van der Waals surface area (Å²) in [5, 5.41) is 12.3. The molecule has 156 valence electrons. The van der Waals surface area contributed by atoms with E-state index in [0.717, 1.165) is 22.4 Å². The van der Waals surface area contributed by atoms with E-state index in [-0.39, 0.29) is 17.4 Å². The number of hydrogen-bond donors (Lipinski definition) is 1. The van der Waals surface area contributed by atoms with Crippen LogP contribution in [0.1, 0.15) is 87.8 Å². The van der Waals surface area contributed by atoms with Crippen molar-refractivity contribution in [1.82, 2.24) is 30.2 Å². The van der Waals surface area contributed by atoms with Crippen molar-refractivity contribution in [3.8, 4) is 0 Å². The van der Waals surface area contributed by atoms with E-state index in [1.165, 1.54) is 0 Å². The van der Waals surface area contributed by atoms with Crippen LogP contribution in [0.15, 0.2) is 10.6 Å². The van der Waals surface area contributed by atoms with Gasteiger partial charge in [-0.15, -0.1) is 0 Å². The smallest absolute Gasteiger partial charge is 0.253 e. The molecule has 0 aliphatic heterocycles. The quantitative estimate of drug-likeness (QED) is 0.714. The lowest BCUT2D eigenvalue weighted by Gasteiger charge is -2.23. The Morgan fingerprint density at radius 1 is 1.14 bits per heavy atom. The van der Waals surface area contributed by atoms with Crippen LogP contribution in [0, 0.1) is 13.8 Å². The van der Waals surface area contributed by atoms with Crippen molar-refractivity contribution in [2.24, 2.45) is 0 Å². The number of aromatic nitrogens is 5. The van der Waals surface area contributed by atoms with Crippen molar-refractivity contribution in [2.45, 2.75) is 79.3 Å². The number of pyridine rings is 1. The molecular formula is C21H30N6O2. The zero-order valence-corrected chi connectivity index (χ0v) is 18.7. The van der Waals surface area contributed by atoms with Crippen LogP contribution in [0.4, 0.5) is 0 Å². The summed E-state index contributed by atoms with van der Waals surface area (Å²) < 4.78 is 7.18. The molecule has 3 rings (SSSR count). The highest BCUT2D eigenvalue weighted by Crippen LogP contribution is 2.29. The van der Waals surface area contributed by atoms with E-state index in [1.54, 1.807) is 6.92 Å². The van der Waals surface area contributed by atoms with Gasteiger partial charge in [0.25, 0.3) is 11.8 Å². The number of nitrogens with zero attached hydrogens (tertiary/aromatic N) is 5. The summed E-state index contributed by atoms with van der Waals surface area (Å²) in [6, 6.07) is 1.86. The zero-order valence-electron chi connectivity index (χ0n) is 18.7.